The number of nitrogens with two attached hydrogens (primary N) is 1. The first-order valence-corrected chi connectivity index (χ1v) is 6.34. The largest absolute Gasteiger partial charge is 0.397 e. The van der Waals surface area contributed by atoms with E-state index in [9.17, 15) is 4.79 Å². The number of piperidine rings is 1. The molecule has 96 valence electrons. The van der Waals surface area contributed by atoms with Gasteiger partial charge in [0.2, 0.25) is 5.91 Å². The van der Waals surface area contributed by atoms with Crippen molar-refractivity contribution in [3.8, 4) is 0 Å². The van der Waals surface area contributed by atoms with Gasteiger partial charge in [-0.3, -0.25) is 10.1 Å². The predicted molar refractivity (Wildman–Crippen MR) is 71.2 cm³/mol. The van der Waals surface area contributed by atoms with E-state index < -0.39 is 0 Å². The maximum absolute atomic E-state index is 11.8. The third-order valence-corrected chi connectivity index (χ3v) is 4.00. The van der Waals surface area contributed by atoms with Crippen LogP contribution in [-0.4, -0.2) is 31.2 Å². The van der Waals surface area contributed by atoms with Gasteiger partial charge >= 0.3 is 0 Å². The molecule has 0 radical (unpaired) electrons. The summed E-state index contributed by atoms with van der Waals surface area (Å²) < 4.78 is 0. The van der Waals surface area contributed by atoms with Crippen LogP contribution in [0.2, 0.25) is 0 Å². The highest BCUT2D eigenvalue weighted by atomic mass is 16.2. The van der Waals surface area contributed by atoms with E-state index in [-0.39, 0.29) is 11.4 Å². The molecule has 0 aliphatic carbocycles. The van der Waals surface area contributed by atoms with E-state index in [2.05, 4.69) is 15.5 Å². The molecular weight excluding hydrogens is 228 g/mol. The minimum Gasteiger partial charge on any atom is -0.397 e. The molecule has 0 atom stereocenters. The van der Waals surface area contributed by atoms with Gasteiger partial charge in [0.15, 0.2) is 0 Å². The fourth-order valence-electron chi connectivity index (χ4n) is 2.85. The van der Waals surface area contributed by atoms with Gasteiger partial charge in [-0.2, -0.15) is 0 Å². The highest BCUT2D eigenvalue weighted by molar-refractivity contribution is 5.88. The number of rotatable bonds is 1. The molecule has 0 bridgehead atoms. The average molecular weight is 246 g/mol. The van der Waals surface area contributed by atoms with Crippen molar-refractivity contribution in [3.63, 3.8) is 0 Å². The van der Waals surface area contributed by atoms with Gasteiger partial charge in [-0.15, -0.1) is 0 Å². The normalized spacial score (nSPS) is 22.2. The molecular formula is C13H18N4O. The van der Waals surface area contributed by atoms with Crippen molar-refractivity contribution in [2.24, 2.45) is 0 Å². The second-order valence-electron chi connectivity index (χ2n) is 4.99. The molecule has 5 heteroatoms. The number of carbonyl (C=O) groups excluding carboxylic acids is 1. The molecule has 1 aromatic rings. The third-order valence-electron chi connectivity index (χ3n) is 4.00. The number of benzene rings is 1. The van der Waals surface area contributed by atoms with Crippen molar-refractivity contribution >= 4 is 17.3 Å². The summed E-state index contributed by atoms with van der Waals surface area (Å²) >= 11 is 0. The molecule has 5 nitrogen and oxygen atoms in total. The molecule has 2 heterocycles. The quantitative estimate of drug-likeness (QED) is 0.623. The van der Waals surface area contributed by atoms with Crippen LogP contribution in [0.25, 0.3) is 0 Å². The number of anilines is 2. The Kier molecular flexibility index (Phi) is 2.63. The van der Waals surface area contributed by atoms with Gasteiger partial charge < -0.3 is 16.0 Å². The number of nitrogen functional groups attached to an aromatic ring is 1. The Balaban J connectivity index is 1.74. The molecule has 18 heavy (non-hydrogen) atoms. The van der Waals surface area contributed by atoms with Crippen LogP contribution < -0.4 is 21.3 Å². The minimum absolute atomic E-state index is 0.142. The summed E-state index contributed by atoms with van der Waals surface area (Å²) in [5.41, 5.74) is 7.52. The van der Waals surface area contributed by atoms with Crippen LogP contribution in [-0.2, 0) is 4.79 Å². The molecule has 2 aliphatic heterocycles. The van der Waals surface area contributed by atoms with Crippen LogP contribution in [0.3, 0.4) is 0 Å². The first-order chi connectivity index (χ1) is 8.71. The van der Waals surface area contributed by atoms with Crippen LogP contribution in [0.15, 0.2) is 24.3 Å². The molecule has 1 amide bonds. The van der Waals surface area contributed by atoms with E-state index in [4.69, 9.17) is 5.73 Å². The number of amides is 1. The van der Waals surface area contributed by atoms with E-state index in [1.165, 1.54) is 0 Å². The number of hydrogen-bond donors (Lipinski definition) is 3. The SMILES string of the molecule is Nc1ccccc1N1CCC2(CC1)NCNC2=O. The standard InChI is InChI=1S/C13H18N4O/c14-10-3-1-2-4-11(10)17-7-5-13(6-8-17)12(18)15-9-16-13/h1-4,16H,5-9,14H2,(H,15,18). The lowest BCUT2D eigenvalue weighted by Crippen LogP contribution is -2.54. The molecule has 0 unspecified atom stereocenters. The maximum Gasteiger partial charge on any atom is 0.241 e. The zero-order valence-electron chi connectivity index (χ0n) is 10.3. The summed E-state index contributed by atoms with van der Waals surface area (Å²) in [7, 11) is 0. The molecule has 1 spiro atoms. The summed E-state index contributed by atoms with van der Waals surface area (Å²) in [6.07, 6.45) is 1.65. The summed E-state index contributed by atoms with van der Waals surface area (Å²) in [5, 5.41) is 6.14. The summed E-state index contributed by atoms with van der Waals surface area (Å²) in [5.74, 6) is 0.142. The second kappa shape index (κ2) is 4.17. The van der Waals surface area contributed by atoms with Crippen molar-refractivity contribution in [3.05, 3.63) is 24.3 Å². The van der Waals surface area contributed by atoms with Gasteiger partial charge in [0.25, 0.3) is 0 Å². The van der Waals surface area contributed by atoms with Gasteiger partial charge in [-0.25, -0.2) is 0 Å². The van der Waals surface area contributed by atoms with Crippen LogP contribution in [0, 0.1) is 0 Å². The lowest BCUT2D eigenvalue weighted by atomic mass is 9.87. The zero-order valence-corrected chi connectivity index (χ0v) is 10.3. The lowest BCUT2D eigenvalue weighted by molar-refractivity contribution is -0.124. The van der Waals surface area contributed by atoms with Crippen molar-refractivity contribution in [2.45, 2.75) is 18.4 Å². The van der Waals surface area contributed by atoms with Crippen molar-refractivity contribution in [1.82, 2.24) is 10.6 Å². The lowest BCUT2D eigenvalue weighted by Gasteiger charge is -2.38. The maximum atomic E-state index is 11.8. The van der Waals surface area contributed by atoms with E-state index >= 15 is 0 Å². The fourth-order valence-corrected chi connectivity index (χ4v) is 2.85. The van der Waals surface area contributed by atoms with Crippen LogP contribution >= 0.6 is 0 Å². The molecule has 3 rings (SSSR count). The zero-order chi connectivity index (χ0) is 12.6. The first kappa shape index (κ1) is 11.3. The van der Waals surface area contributed by atoms with E-state index in [1.807, 2.05) is 24.3 Å². The van der Waals surface area contributed by atoms with Crippen molar-refractivity contribution in [2.75, 3.05) is 30.4 Å². The number of nitrogens with zero attached hydrogens (tertiary/aromatic N) is 1. The second-order valence-corrected chi connectivity index (χ2v) is 4.99. The van der Waals surface area contributed by atoms with Gasteiger partial charge in [0.1, 0.15) is 5.54 Å². The van der Waals surface area contributed by atoms with E-state index in [1.54, 1.807) is 0 Å². The Morgan fingerprint density at radius 2 is 1.94 bits per heavy atom. The average Bonchev–Trinajstić information content (AvgIpc) is 2.73. The summed E-state index contributed by atoms with van der Waals surface area (Å²) in [4.78, 5) is 14.1. The predicted octanol–water partition coefficient (Wildman–Crippen LogP) is 0.285. The Morgan fingerprint density at radius 1 is 1.22 bits per heavy atom. The Bertz CT molecular complexity index is 466. The Morgan fingerprint density at radius 3 is 2.56 bits per heavy atom. The van der Waals surface area contributed by atoms with E-state index in [0.717, 1.165) is 37.3 Å². The molecule has 0 aromatic heterocycles. The molecule has 1 aromatic carbocycles. The number of nitrogens with one attached hydrogen (secondary N) is 2. The molecule has 2 saturated heterocycles. The minimum atomic E-state index is -0.347. The van der Waals surface area contributed by atoms with Crippen LogP contribution in [0.1, 0.15) is 12.8 Å². The molecule has 2 aliphatic rings. The summed E-state index contributed by atoms with van der Waals surface area (Å²) in [6.45, 7) is 2.30. The highest BCUT2D eigenvalue weighted by Gasteiger charge is 2.44. The molecule has 4 N–H and O–H groups in total. The van der Waals surface area contributed by atoms with E-state index in [0.29, 0.717) is 6.67 Å². The Hall–Kier alpha value is -1.75. The smallest absolute Gasteiger partial charge is 0.241 e. The molecule has 2 fully saturated rings. The van der Waals surface area contributed by atoms with Crippen LogP contribution in [0.4, 0.5) is 11.4 Å². The van der Waals surface area contributed by atoms with Crippen molar-refractivity contribution < 1.29 is 4.79 Å². The highest BCUT2D eigenvalue weighted by Crippen LogP contribution is 2.30. The number of carbonyl (C=O) groups is 1. The Labute approximate surface area is 106 Å². The monoisotopic (exact) mass is 246 g/mol. The number of para-hydroxylation sites is 2. The third kappa shape index (κ3) is 1.71. The number of hydrogen-bond acceptors (Lipinski definition) is 4. The first-order valence-electron chi connectivity index (χ1n) is 6.34. The summed E-state index contributed by atoms with van der Waals surface area (Å²) in [6, 6.07) is 7.89. The van der Waals surface area contributed by atoms with Gasteiger partial charge in [0.05, 0.1) is 18.0 Å². The fraction of sp³-hybridized carbons (Fsp3) is 0.462. The molecule has 0 saturated carbocycles. The van der Waals surface area contributed by atoms with Gasteiger partial charge in [-0.1, -0.05) is 12.1 Å². The topological polar surface area (TPSA) is 70.4 Å². The van der Waals surface area contributed by atoms with Gasteiger partial charge in [0, 0.05) is 13.1 Å². The van der Waals surface area contributed by atoms with Gasteiger partial charge in [-0.05, 0) is 25.0 Å². The van der Waals surface area contributed by atoms with Crippen LogP contribution in [0.5, 0.6) is 0 Å². The van der Waals surface area contributed by atoms with Crippen molar-refractivity contribution in [1.29, 1.82) is 0 Å².